The number of amides is 1. The van der Waals surface area contributed by atoms with Crippen molar-refractivity contribution in [3.8, 4) is 0 Å². The molecule has 12 heteroatoms. The molecule has 1 atom stereocenters. The Balaban J connectivity index is 1.93. The summed E-state index contributed by atoms with van der Waals surface area (Å²) in [5.41, 5.74) is -0.263. The number of sulfonamides is 1. The average Bonchev–Trinajstić information content (AvgIpc) is 2.75. The molecular weight excluding hydrogens is 416 g/mol. The predicted molar refractivity (Wildman–Crippen MR) is 108 cm³/mol. The Bertz CT molecular complexity index is 904. The highest BCUT2D eigenvalue weighted by atomic mass is 32.2. The Morgan fingerprint density at radius 2 is 2.07 bits per heavy atom. The fourth-order valence-electron chi connectivity index (χ4n) is 3.31. The summed E-state index contributed by atoms with van der Waals surface area (Å²) >= 11 is 0. The lowest BCUT2D eigenvalue weighted by Gasteiger charge is -2.35. The van der Waals surface area contributed by atoms with Crippen molar-refractivity contribution in [1.82, 2.24) is 9.62 Å². The first-order chi connectivity index (χ1) is 14.2. The summed E-state index contributed by atoms with van der Waals surface area (Å²) in [5.74, 6) is -1.23. The van der Waals surface area contributed by atoms with Crippen molar-refractivity contribution in [3.05, 3.63) is 28.3 Å². The summed E-state index contributed by atoms with van der Waals surface area (Å²) in [4.78, 5) is 35.9. The largest absolute Gasteiger partial charge is 0.455 e. The minimum Gasteiger partial charge on any atom is -0.455 e. The number of nitro groups is 1. The van der Waals surface area contributed by atoms with Crippen molar-refractivity contribution in [2.45, 2.75) is 43.5 Å². The minimum atomic E-state index is -4.19. The lowest BCUT2D eigenvalue weighted by atomic mass is 10.00. The van der Waals surface area contributed by atoms with Gasteiger partial charge in [0.2, 0.25) is 10.0 Å². The second-order valence-corrected chi connectivity index (χ2v) is 8.58. The third kappa shape index (κ3) is 5.89. The van der Waals surface area contributed by atoms with Crippen molar-refractivity contribution >= 4 is 33.3 Å². The van der Waals surface area contributed by atoms with Crippen LogP contribution in [0.15, 0.2) is 23.1 Å². The van der Waals surface area contributed by atoms with Crippen LogP contribution in [0, 0.1) is 10.1 Å². The van der Waals surface area contributed by atoms with Gasteiger partial charge in [0, 0.05) is 25.7 Å². The SMILES string of the molecule is CCC1CCCCN1C(=O)COC(=O)CNS(=O)(=O)c1ccc(NC)c([N+](=O)[O-])c1. The number of nitrogens with one attached hydrogen (secondary N) is 2. The number of carbonyl (C=O) groups excluding carboxylic acids is 2. The van der Waals surface area contributed by atoms with Gasteiger partial charge in [-0.15, -0.1) is 0 Å². The molecule has 1 heterocycles. The number of carbonyl (C=O) groups is 2. The molecule has 0 aliphatic carbocycles. The summed E-state index contributed by atoms with van der Waals surface area (Å²) in [6.45, 7) is 1.45. The first-order valence-corrected chi connectivity index (χ1v) is 11.1. The maximum atomic E-state index is 12.3. The zero-order valence-electron chi connectivity index (χ0n) is 16.9. The van der Waals surface area contributed by atoms with Gasteiger partial charge in [0.25, 0.3) is 11.6 Å². The summed E-state index contributed by atoms with van der Waals surface area (Å²) < 4.78 is 31.6. The molecule has 1 unspecified atom stereocenters. The molecule has 166 valence electrons. The van der Waals surface area contributed by atoms with E-state index in [0.717, 1.165) is 31.7 Å². The van der Waals surface area contributed by atoms with Gasteiger partial charge < -0.3 is 15.0 Å². The van der Waals surface area contributed by atoms with Gasteiger partial charge in [-0.2, -0.15) is 4.72 Å². The van der Waals surface area contributed by atoms with E-state index in [0.29, 0.717) is 6.54 Å². The van der Waals surface area contributed by atoms with Crippen LogP contribution < -0.4 is 10.0 Å². The van der Waals surface area contributed by atoms with Crippen LogP contribution >= 0.6 is 0 Å². The van der Waals surface area contributed by atoms with E-state index in [4.69, 9.17) is 4.74 Å². The van der Waals surface area contributed by atoms with Crippen LogP contribution in [0.3, 0.4) is 0 Å². The number of anilines is 1. The van der Waals surface area contributed by atoms with Crippen LogP contribution in [0.2, 0.25) is 0 Å². The molecule has 2 N–H and O–H groups in total. The zero-order chi connectivity index (χ0) is 22.3. The topological polar surface area (TPSA) is 148 Å². The quantitative estimate of drug-likeness (QED) is 0.330. The molecular formula is C18H26N4O7S. The lowest BCUT2D eigenvalue weighted by molar-refractivity contribution is -0.384. The molecule has 30 heavy (non-hydrogen) atoms. The van der Waals surface area contributed by atoms with E-state index < -0.39 is 39.8 Å². The lowest BCUT2D eigenvalue weighted by Crippen LogP contribution is -2.45. The van der Waals surface area contributed by atoms with Crippen LogP contribution in [-0.4, -0.2) is 62.9 Å². The number of piperidine rings is 1. The van der Waals surface area contributed by atoms with Crippen molar-refractivity contribution < 1.29 is 27.7 Å². The molecule has 0 aromatic heterocycles. The second kappa shape index (κ2) is 10.3. The summed E-state index contributed by atoms with van der Waals surface area (Å²) in [5, 5.41) is 13.7. The Hall–Kier alpha value is -2.73. The monoisotopic (exact) mass is 442 g/mol. The first kappa shape index (κ1) is 23.5. The third-order valence-corrected chi connectivity index (χ3v) is 6.33. The molecule has 1 aliphatic rings. The van der Waals surface area contributed by atoms with E-state index in [9.17, 15) is 28.1 Å². The van der Waals surface area contributed by atoms with E-state index >= 15 is 0 Å². The van der Waals surface area contributed by atoms with E-state index in [1.165, 1.54) is 19.2 Å². The third-order valence-electron chi connectivity index (χ3n) is 4.93. The molecule has 2 rings (SSSR count). The van der Waals surface area contributed by atoms with Crippen molar-refractivity contribution in [2.75, 3.05) is 32.1 Å². The van der Waals surface area contributed by atoms with Crippen molar-refractivity contribution in [1.29, 1.82) is 0 Å². The van der Waals surface area contributed by atoms with Gasteiger partial charge in [-0.25, -0.2) is 8.42 Å². The van der Waals surface area contributed by atoms with E-state index in [-0.39, 0.29) is 22.5 Å². The van der Waals surface area contributed by atoms with E-state index in [1.807, 2.05) is 11.6 Å². The molecule has 1 saturated heterocycles. The highest BCUT2D eigenvalue weighted by Crippen LogP contribution is 2.27. The minimum absolute atomic E-state index is 0.125. The number of ether oxygens (including phenoxy) is 1. The fraction of sp³-hybridized carbons (Fsp3) is 0.556. The number of hydrogen-bond donors (Lipinski definition) is 2. The maximum Gasteiger partial charge on any atom is 0.321 e. The van der Waals surface area contributed by atoms with E-state index in [2.05, 4.69) is 5.32 Å². The van der Waals surface area contributed by atoms with Gasteiger partial charge in [-0.3, -0.25) is 19.7 Å². The number of likely N-dealkylation sites (tertiary alicyclic amines) is 1. The Morgan fingerprint density at radius 3 is 2.70 bits per heavy atom. The molecule has 0 radical (unpaired) electrons. The van der Waals surface area contributed by atoms with Crippen LogP contribution in [0.25, 0.3) is 0 Å². The molecule has 1 fully saturated rings. The van der Waals surface area contributed by atoms with E-state index in [1.54, 1.807) is 4.90 Å². The number of nitrogens with zero attached hydrogens (tertiary/aromatic N) is 2. The van der Waals surface area contributed by atoms with Gasteiger partial charge >= 0.3 is 5.97 Å². The van der Waals surface area contributed by atoms with Gasteiger partial charge in [-0.1, -0.05) is 6.92 Å². The molecule has 0 saturated carbocycles. The van der Waals surface area contributed by atoms with Gasteiger partial charge in [0.1, 0.15) is 12.2 Å². The van der Waals surface area contributed by atoms with Crippen LogP contribution in [0.1, 0.15) is 32.6 Å². The first-order valence-electron chi connectivity index (χ1n) is 9.60. The van der Waals surface area contributed by atoms with Crippen LogP contribution in [0.4, 0.5) is 11.4 Å². The smallest absolute Gasteiger partial charge is 0.321 e. The normalized spacial score (nSPS) is 16.7. The van der Waals surface area contributed by atoms with Crippen molar-refractivity contribution in [3.63, 3.8) is 0 Å². The highest BCUT2D eigenvalue weighted by Gasteiger charge is 2.26. The number of nitro benzene ring substituents is 1. The standard InChI is InChI=1S/C18H26N4O7S/c1-3-13-6-4-5-9-21(13)17(23)12-29-18(24)11-20-30(27,28)14-7-8-15(19-2)16(10-14)22(25)26/h7-8,10,13,19-20H,3-6,9,11-12H2,1-2H3. The van der Waals surface area contributed by atoms with Gasteiger partial charge in [0.05, 0.1) is 9.82 Å². The van der Waals surface area contributed by atoms with Crippen molar-refractivity contribution in [2.24, 2.45) is 0 Å². The Morgan fingerprint density at radius 1 is 1.33 bits per heavy atom. The molecule has 11 nitrogen and oxygen atoms in total. The fourth-order valence-corrected chi connectivity index (χ4v) is 4.30. The number of rotatable bonds is 9. The number of esters is 1. The number of benzene rings is 1. The second-order valence-electron chi connectivity index (χ2n) is 6.82. The zero-order valence-corrected chi connectivity index (χ0v) is 17.7. The Labute approximate surface area is 175 Å². The van der Waals surface area contributed by atoms with Gasteiger partial charge in [-0.05, 0) is 37.8 Å². The molecule has 1 aromatic rings. The van der Waals surface area contributed by atoms with Gasteiger partial charge in [0.15, 0.2) is 6.61 Å². The molecule has 1 aliphatic heterocycles. The highest BCUT2D eigenvalue weighted by molar-refractivity contribution is 7.89. The average molecular weight is 442 g/mol. The number of hydrogen-bond acceptors (Lipinski definition) is 8. The van der Waals surface area contributed by atoms with Crippen LogP contribution in [0.5, 0.6) is 0 Å². The predicted octanol–water partition coefficient (Wildman–Crippen LogP) is 1.25. The summed E-state index contributed by atoms with van der Waals surface area (Å²) in [7, 11) is -2.72. The molecule has 1 aromatic carbocycles. The van der Waals surface area contributed by atoms with Crippen LogP contribution in [-0.2, 0) is 24.3 Å². The molecule has 1 amide bonds. The maximum absolute atomic E-state index is 12.3. The Kier molecular flexibility index (Phi) is 8.12. The summed E-state index contributed by atoms with van der Waals surface area (Å²) in [6.07, 6.45) is 3.68. The summed E-state index contributed by atoms with van der Waals surface area (Å²) in [6, 6.07) is 3.45. The molecule has 0 bridgehead atoms. The molecule has 0 spiro atoms.